The summed E-state index contributed by atoms with van der Waals surface area (Å²) >= 11 is 0. The smallest absolute Gasteiger partial charge is 0.318 e. The van der Waals surface area contributed by atoms with E-state index in [2.05, 4.69) is 0 Å². The van der Waals surface area contributed by atoms with E-state index in [4.69, 9.17) is 10.8 Å². The van der Waals surface area contributed by atoms with Crippen molar-refractivity contribution < 1.29 is 19.5 Å². The molecular weight excluding hydrogens is 236 g/mol. The van der Waals surface area contributed by atoms with E-state index in [0.29, 0.717) is 12.8 Å². The van der Waals surface area contributed by atoms with Crippen molar-refractivity contribution in [2.75, 3.05) is 6.54 Å². The maximum Gasteiger partial charge on any atom is 0.318 e. The molecule has 18 heavy (non-hydrogen) atoms. The van der Waals surface area contributed by atoms with Gasteiger partial charge in [-0.15, -0.1) is 0 Å². The summed E-state index contributed by atoms with van der Waals surface area (Å²) in [5.41, 5.74) is 3.77. The molecule has 2 amide bonds. The highest BCUT2D eigenvalue weighted by Gasteiger charge is 2.43. The fourth-order valence-corrected chi connectivity index (χ4v) is 2.07. The lowest BCUT2D eigenvalue weighted by molar-refractivity contribution is -0.160. The zero-order valence-corrected chi connectivity index (χ0v) is 11.0. The number of nitrogens with two attached hydrogens (primary N) is 1. The van der Waals surface area contributed by atoms with Gasteiger partial charge in [0.1, 0.15) is 5.41 Å². The molecule has 0 saturated carbocycles. The molecule has 0 aliphatic carbocycles. The molecule has 0 spiro atoms. The summed E-state index contributed by atoms with van der Waals surface area (Å²) in [5.74, 6) is -2.45. The lowest BCUT2D eigenvalue weighted by atomic mass is 9.87. The molecule has 1 rings (SSSR count). The highest BCUT2D eigenvalue weighted by Crippen LogP contribution is 2.27. The fraction of sp³-hybridized carbons (Fsp3) is 0.750. The summed E-state index contributed by atoms with van der Waals surface area (Å²) in [6.07, 6.45) is 1.31. The molecule has 1 aliphatic heterocycles. The van der Waals surface area contributed by atoms with Crippen LogP contribution in [0.2, 0.25) is 0 Å². The molecule has 0 radical (unpaired) electrons. The standard InChI is InChI=1S/C12H20N2O4/c1-7-4-5-8(9(13)15)6-14(7)10(16)12(2,3)11(17)18/h7-8H,4-6H2,1-3H3,(H2,13,15)(H,17,18). The van der Waals surface area contributed by atoms with Gasteiger partial charge in [0, 0.05) is 12.6 Å². The number of carbonyl (C=O) groups is 3. The van der Waals surface area contributed by atoms with Crippen LogP contribution in [0.3, 0.4) is 0 Å². The average Bonchev–Trinajstić information content (AvgIpc) is 2.28. The van der Waals surface area contributed by atoms with Crippen LogP contribution in [0.4, 0.5) is 0 Å². The number of aliphatic carboxylic acids is 1. The molecule has 1 fully saturated rings. The summed E-state index contributed by atoms with van der Waals surface area (Å²) in [4.78, 5) is 36.0. The van der Waals surface area contributed by atoms with E-state index < -0.39 is 23.2 Å². The van der Waals surface area contributed by atoms with Gasteiger partial charge in [0.15, 0.2) is 0 Å². The molecule has 2 unspecified atom stereocenters. The number of hydrogen-bond donors (Lipinski definition) is 2. The molecule has 1 saturated heterocycles. The van der Waals surface area contributed by atoms with Crippen LogP contribution in [-0.4, -0.2) is 40.4 Å². The van der Waals surface area contributed by atoms with Crippen LogP contribution in [0.25, 0.3) is 0 Å². The van der Waals surface area contributed by atoms with Gasteiger partial charge in [0.2, 0.25) is 11.8 Å². The molecule has 2 atom stereocenters. The van der Waals surface area contributed by atoms with Gasteiger partial charge in [-0.2, -0.15) is 0 Å². The third kappa shape index (κ3) is 2.63. The van der Waals surface area contributed by atoms with Crippen molar-refractivity contribution >= 4 is 17.8 Å². The van der Waals surface area contributed by atoms with Crippen molar-refractivity contribution in [2.24, 2.45) is 17.1 Å². The second-order valence-electron chi connectivity index (χ2n) is 5.41. The van der Waals surface area contributed by atoms with E-state index in [0.717, 1.165) is 0 Å². The van der Waals surface area contributed by atoms with Crippen molar-refractivity contribution in [2.45, 2.75) is 39.7 Å². The molecule has 1 heterocycles. The number of carboxylic acid groups (broad SMARTS) is 1. The van der Waals surface area contributed by atoms with E-state index in [1.165, 1.54) is 18.7 Å². The van der Waals surface area contributed by atoms with Gasteiger partial charge in [-0.25, -0.2) is 0 Å². The first kappa shape index (κ1) is 14.5. The summed E-state index contributed by atoms with van der Waals surface area (Å²) in [7, 11) is 0. The van der Waals surface area contributed by atoms with Gasteiger partial charge in [-0.05, 0) is 33.6 Å². The lowest BCUT2D eigenvalue weighted by Gasteiger charge is -2.39. The number of amides is 2. The third-order valence-corrected chi connectivity index (χ3v) is 3.61. The Morgan fingerprint density at radius 1 is 1.28 bits per heavy atom. The van der Waals surface area contributed by atoms with Gasteiger partial charge in [0.05, 0.1) is 5.92 Å². The molecule has 3 N–H and O–H groups in total. The van der Waals surface area contributed by atoms with Gasteiger partial charge in [0.25, 0.3) is 0 Å². The topological polar surface area (TPSA) is 101 Å². The van der Waals surface area contributed by atoms with Crippen LogP contribution in [0.1, 0.15) is 33.6 Å². The van der Waals surface area contributed by atoms with Crippen molar-refractivity contribution in [1.29, 1.82) is 0 Å². The first-order valence-corrected chi connectivity index (χ1v) is 6.01. The molecule has 0 bridgehead atoms. The first-order valence-electron chi connectivity index (χ1n) is 6.01. The Bertz CT molecular complexity index is 378. The largest absolute Gasteiger partial charge is 0.480 e. The maximum absolute atomic E-state index is 12.2. The van der Waals surface area contributed by atoms with Crippen LogP contribution in [0.15, 0.2) is 0 Å². The number of carbonyl (C=O) groups excluding carboxylic acids is 2. The van der Waals surface area contributed by atoms with Crippen LogP contribution in [0.5, 0.6) is 0 Å². The number of hydrogen-bond acceptors (Lipinski definition) is 3. The predicted molar refractivity (Wildman–Crippen MR) is 64.5 cm³/mol. The predicted octanol–water partition coefficient (Wildman–Crippen LogP) is 0.210. The Balaban J connectivity index is 2.89. The zero-order chi connectivity index (χ0) is 14.1. The number of nitrogens with zero attached hydrogens (tertiary/aromatic N) is 1. The van der Waals surface area contributed by atoms with Crippen LogP contribution in [-0.2, 0) is 14.4 Å². The highest BCUT2D eigenvalue weighted by atomic mass is 16.4. The Labute approximate surface area is 106 Å². The Morgan fingerprint density at radius 2 is 1.83 bits per heavy atom. The molecule has 0 aromatic carbocycles. The molecule has 102 valence electrons. The minimum atomic E-state index is -1.48. The normalized spacial score (nSPS) is 24.7. The van der Waals surface area contributed by atoms with E-state index in [9.17, 15) is 14.4 Å². The number of piperidine rings is 1. The van der Waals surface area contributed by atoms with Crippen molar-refractivity contribution in [3.8, 4) is 0 Å². The van der Waals surface area contributed by atoms with Crippen molar-refractivity contribution in [3.63, 3.8) is 0 Å². The molecule has 6 heteroatoms. The van der Waals surface area contributed by atoms with Crippen LogP contribution >= 0.6 is 0 Å². The Hall–Kier alpha value is -1.59. The quantitative estimate of drug-likeness (QED) is 0.705. The van der Waals surface area contributed by atoms with Crippen molar-refractivity contribution in [3.05, 3.63) is 0 Å². The average molecular weight is 256 g/mol. The number of likely N-dealkylation sites (tertiary alicyclic amines) is 1. The molecule has 1 aliphatic rings. The lowest BCUT2D eigenvalue weighted by Crippen LogP contribution is -2.54. The summed E-state index contributed by atoms with van der Waals surface area (Å²) in [5, 5.41) is 9.06. The highest BCUT2D eigenvalue weighted by molar-refractivity contribution is 6.01. The summed E-state index contributed by atoms with van der Waals surface area (Å²) in [6.45, 7) is 4.82. The number of primary amides is 1. The van der Waals surface area contributed by atoms with Crippen LogP contribution < -0.4 is 5.73 Å². The van der Waals surface area contributed by atoms with E-state index >= 15 is 0 Å². The minimum Gasteiger partial charge on any atom is -0.480 e. The molecule has 0 aromatic heterocycles. The Morgan fingerprint density at radius 3 is 2.28 bits per heavy atom. The SMILES string of the molecule is CC1CCC(C(N)=O)CN1C(=O)C(C)(C)C(=O)O. The van der Waals surface area contributed by atoms with E-state index in [1.54, 1.807) is 0 Å². The molecule has 6 nitrogen and oxygen atoms in total. The van der Waals surface area contributed by atoms with Gasteiger partial charge in [-0.1, -0.05) is 0 Å². The van der Waals surface area contributed by atoms with E-state index in [-0.39, 0.29) is 18.5 Å². The van der Waals surface area contributed by atoms with Gasteiger partial charge in [-0.3, -0.25) is 14.4 Å². The number of carboxylic acids is 1. The van der Waals surface area contributed by atoms with Gasteiger partial charge < -0.3 is 15.7 Å². The summed E-state index contributed by atoms with van der Waals surface area (Å²) in [6, 6.07) is -0.0632. The maximum atomic E-state index is 12.2. The zero-order valence-electron chi connectivity index (χ0n) is 11.0. The Kier molecular flexibility index (Phi) is 3.98. The fourth-order valence-electron chi connectivity index (χ4n) is 2.07. The summed E-state index contributed by atoms with van der Waals surface area (Å²) < 4.78 is 0. The van der Waals surface area contributed by atoms with Gasteiger partial charge >= 0.3 is 5.97 Å². The van der Waals surface area contributed by atoms with E-state index in [1.807, 2.05) is 6.92 Å². The molecule has 0 aromatic rings. The van der Waals surface area contributed by atoms with Crippen LogP contribution in [0, 0.1) is 11.3 Å². The number of rotatable bonds is 3. The second-order valence-corrected chi connectivity index (χ2v) is 5.41. The van der Waals surface area contributed by atoms with Crippen molar-refractivity contribution in [1.82, 2.24) is 4.90 Å². The third-order valence-electron chi connectivity index (χ3n) is 3.61. The monoisotopic (exact) mass is 256 g/mol. The molecular formula is C12H20N2O4. The second kappa shape index (κ2) is 4.96. The minimum absolute atomic E-state index is 0.0632. The first-order chi connectivity index (χ1) is 8.17.